The van der Waals surface area contributed by atoms with E-state index >= 15 is 0 Å². The molecule has 1 aromatic rings. The van der Waals surface area contributed by atoms with Gasteiger partial charge in [-0.15, -0.1) is 11.3 Å². The van der Waals surface area contributed by atoms with Crippen LogP contribution in [0, 0.1) is 0 Å². The quantitative estimate of drug-likeness (QED) is 0.767. The zero-order chi connectivity index (χ0) is 12.8. The van der Waals surface area contributed by atoms with Crippen molar-refractivity contribution in [1.29, 1.82) is 0 Å². The van der Waals surface area contributed by atoms with Gasteiger partial charge in [0.15, 0.2) is 0 Å². The molecule has 0 bridgehead atoms. The Morgan fingerprint density at radius 1 is 1.41 bits per heavy atom. The largest absolute Gasteiger partial charge is 0.309 e. The molecule has 1 atom stereocenters. The average molecular weight is 319 g/mol. The van der Waals surface area contributed by atoms with Crippen molar-refractivity contribution in [1.82, 2.24) is 10.2 Å². The highest BCUT2D eigenvalue weighted by atomic mass is 79.9. The molecule has 0 spiro atoms. The van der Waals surface area contributed by atoms with Crippen LogP contribution in [0.25, 0.3) is 0 Å². The Balaban J connectivity index is 2.21. The smallest absolute Gasteiger partial charge is 0.0397 e. The first-order valence-electron chi connectivity index (χ1n) is 6.19. The van der Waals surface area contributed by atoms with Gasteiger partial charge in [0.2, 0.25) is 0 Å². The number of nitrogens with zero attached hydrogens (tertiary/aromatic N) is 1. The molecule has 0 aliphatic rings. The van der Waals surface area contributed by atoms with Crippen LogP contribution in [-0.2, 0) is 0 Å². The molecule has 2 nitrogen and oxygen atoms in total. The molecular formula is C13H23BrN2S. The number of nitrogens with one attached hydrogen (secondary N) is 1. The lowest BCUT2D eigenvalue weighted by Gasteiger charge is -2.21. The third-order valence-electron chi connectivity index (χ3n) is 3.06. The molecule has 1 N–H and O–H groups in total. The number of hydrogen-bond donors (Lipinski definition) is 1. The normalized spacial score (nSPS) is 13.6. The monoisotopic (exact) mass is 318 g/mol. The highest BCUT2D eigenvalue weighted by Crippen LogP contribution is 2.28. The number of rotatable bonds is 7. The third kappa shape index (κ3) is 5.08. The van der Waals surface area contributed by atoms with Crippen LogP contribution >= 0.6 is 27.3 Å². The maximum atomic E-state index is 3.58. The minimum absolute atomic E-state index is 0.439. The lowest BCUT2D eigenvalue weighted by Crippen LogP contribution is -2.30. The fourth-order valence-electron chi connectivity index (χ4n) is 1.61. The summed E-state index contributed by atoms with van der Waals surface area (Å²) >= 11 is 5.39. The maximum Gasteiger partial charge on any atom is 0.0397 e. The molecule has 0 saturated carbocycles. The Morgan fingerprint density at radius 3 is 2.65 bits per heavy atom. The molecule has 0 aliphatic heterocycles. The molecule has 98 valence electrons. The zero-order valence-corrected chi connectivity index (χ0v) is 13.6. The highest BCUT2D eigenvalue weighted by molar-refractivity contribution is 9.10. The van der Waals surface area contributed by atoms with E-state index in [1.165, 1.54) is 15.8 Å². The molecule has 0 aliphatic carbocycles. The van der Waals surface area contributed by atoms with Gasteiger partial charge in [-0.1, -0.05) is 0 Å². The van der Waals surface area contributed by atoms with Crippen molar-refractivity contribution in [3.63, 3.8) is 0 Å². The van der Waals surface area contributed by atoms with Gasteiger partial charge in [0.1, 0.15) is 0 Å². The van der Waals surface area contributed by atoms with Gasteiger partial charge in [-0.05, 0) is 74.7 Å². The zero-order valence-electron chi connectivity index (χ0n) is 11.2. The molecule has 0 radical (unpaired) electrons. The molecule has 1 unspecified atom stereocenters. The van der Waals surface area contributed by atoms with Gasteiger partial charge < -0.3 is 10.2 Å². The predicted octanol–water partition coefficient (Wildman–Crippen LogP) is 3.89. The van der Waals surface area contributed by atoms with Crippen molar-refractivity contribution in [2.24, 2.45) is 0 Å². The minimum Gasteiger partial charge on any atom is -0.309 e. The molecule has 17 heavy (non-hydrogen) atoms. The third-order valence-corrected chi connectivity index (χ3v) is 5.11. The summed E-state index contributed by atoms with van der Waals surface area (Å²) in [6.07, 6.45) is 1.20. The molecular weight excluding hydrogens is 296 g/mol. The SMILES string of the molecule is CC(NCCCN(C)C(C)C)c1sccc1Br. The van der Waals surface area contributed by atoms with Crippen LogP contribution in [-0.4, -0.2) is 31.1 Å². The van der Waals surface area contributed by atoms with Gasteiger partial charge in [-0.2, -0.15) is 0 Å². The van der Waals surface area contributed by atoms with Crippen LogP contribution in [0.3, 0.4) is 0 Å². The maximum absolute atomic E-state index is 3.58. The first-order valence-corrected chi connectivity index (χ1v) is 7.86. The van der Waals surface area contributed by atoms with Crippen LogP contribution in [0.4, 0.5) is 0 Å². The molecule has 1 aromatic heterocycles. The predicted molar refractivity (Wildman–Crippen MR) is 80.8 cm³/mol. The fourth-order valence-corrected chi connectivity index (χ4v) is 3.36. The van der Waals surface area contributed by atoms with Gasteiger partial charge >= 0.3 is 0 Å². The lowest BCUT2D eigenvalue weighted by molar-refractivity contribution is 0.268. The van der Waals surface area contributed by atoms with Crippen molar-refractivity contribution in [2.75, 3.05) is 20.1 Å². The molecule has 4 heteroatoms. The molecule has 1 heterocycles. The minimum atomic E-state index is 0.439. The lowest BCUT2D eigenvalue weighted by atomic mass is 10.2. The second kappa shape index (κ2) is 7.52. The van der Waals surface area contributed by atoms with Crippen molar-refractivity contribution < 1.29 is 0 Å². The van der Waals surface area contributed by atoms with Crippen molar-refractivity contribution >= 4 is 27.3 Å². The van der Waals surface area contributed by atoms with Gasteiger partial charge in [-0.25, -0.2) is 0 Å². The first-order chi connectivity index (χ1) is 8.02. The first kappa shape index (κ1) is 15.2. The van der Waals surface area contributed by atoms with Gasteiger partial charge in [0, 0.05) is 21.4 Å². The van der Waals surface area contributed by atoms with Crippen molar-refractivity contribution in [2.45, 2.75) is 39.3 Å². The topological polar surface area (TPSA) is 15.3 Å². The van der Waals surface area contributed by atoms with Crippen molar-refractivity contribution in [3.8, 4) is 0 Å². The summed E-state index contributed by atoms with van der Waals surface area (Å²) in [5.74, 6) is 0. The van der Waals surface area contributed by atoms with E-state index in [0.717, 1.165) is 13.1 Å². The van der Waals surface area contributed by atoms with E-state index < -0.39 is 0 Å². The summed E-state index contributed by atoms with van der Waals surface area (Å²) in [4.78, 5) is 3.77. The summed E-state index contributed by atoms with van der Waals surface area (Å²) < 4.78 is 1.22. The Morgan fingerprint density at radius 2 is 2.12 bits per heavy atom. The molecule has 1 rings (SSSR count). The Bertz CT molecular complexity index is 325. The number of thiophene rings is 1. The van der Waals surface area contributed by atoms with E-state index in [0.29, 0.717) is 12.1 Å². The Hall–Kier alpha value is 0.100. The van der Waals surface area contributed by atoms with Crippen LogP contribution in [0.15, 0.2) is 15.9 Å². The van der Waals surface area contributed by atoms with E-state index in [4.69, 9.17) is 0 Å². The van der Waals surface area contributed by atoms with E-state index in [1.54, 1.807) is 0 Å². The van der Waals surface area contributed by atoms with Crippen LogP contribution in [0.2, 0.25) is 0 Å². The van der Waals surface area contributed by atoms with Gasteiger partial charge in [0.05, 0.1) is 0 Å². The van der Waals surface area contributed by atoms with Crippen molar-refractivity contribution in [3.05, 3.63) is 20.8 Å². The second-order valence-electron chi connectivity index (χ2n) is 4.74. The highest BCUT2D eigenvalue weighted by Gasteiger charge is 2.10. The molecule has 0 fully saturated rings. The molecule has 0 saturated heterocycles. The summed E-state index contributed by atoms with van der Waals surface area (Å²) in [5, 5.41) is 5.70. The van der Waals surface area contributed by atoms with E-state index in [9.17, 15) is 0 Å². The van der Waals surface area contributed by atoms with E-state index in [1.807, 2.05) is 11.3 Å². The number of hydrogen-bond acceptors (Lipinski definition) is 3. The van der Waals surface area contributed by atoms with Crippen LogP contribution in [0.5, 0.6) is 0 Å². The summed E-state index contributed by atoms with van der Waals surface area (Å²) in [7, 11) is 2.18. The number of halogens is 1. The molecule has 0 amide bonds. The Kier molecular flexibility index (Phi) is 6.70. The fraction of sp³-hybridized carbons (Fsp3) is 0.692. The Labute approximate surface area is 118 Å². The standard InChI is InChI=1S/C13H23BrN2S/c1-10(2)16(4)8-5-7-15-11(3)13-12(14)6-9-17-13/h6,9-11,15H,5,7-8H2,1-4H3. The summed E-state index contributed by atoms with van der Waals surface area (Å²) in [6, 6.07) is 3.19. The van der Waals surface area contributed by atoms with E-state index in [2.05, 4.69) is 65.4 Å². The van der Waals surface area contributed by atoms with Crippen LogP contribution < -0.4 is 5.32 Å². The summed E-state index contributed by atoms with van der Waals surface area (Å²) in [6.45, 7) is 8.92. The summed E-state index contributed by atoms with van der Waals surface area (Å²) in [5.41, 5.74) is 0. The van der Waals surface area contributed by atoms with E-state index in [-0.39, 0.29) is 0 Å². The van der Waals surface area contributed by atoms with Gasteiger partial charge in [0.25, 0.3) is 0 Å². The average Bonchev–Trinajstić information content (AvgIpc) is 2.70. The second-order valence-corrected chi connectivity index (χ2v) is 6.54. The van der Waals surface area contributed by atoms with Crippen LogP contribution in [0.1, 0.15) is 38.1 Å². The van der Waals surface area contributed by atoms with Gasteiger partial charge in [-0.3, -0.25) is 0 Å². The molecule has 0 aromatic carbocycles.